The van der Waals surface area contributed by atoms with E-state index in [4.69, 9.17) is 15.2 Å². The second-order valence-electron chi connectivity index (χ2n) is 11.1. The molecule has 2 N–H and O–H groups in total. The molecule has 0 bridgehead atoms. The number of fused-ring (bicyclic) bond motifs is 1. The molecule has 1 aliphatic carbocycles. The molecule has 1 saturated carbocycles. The summed E-state index contributed by atoms with van der Waals surface area (Å²) in [5.41, 5.74) is 8.98. The molecule has 1 saturated heterocycles. The number of allylic oxidation sites excluding steroid dienone is 1. The first-order chi connectivity index (χ1) is 18.5. The lowest BCUT2D eigenvalue weighted by Gasteiger charge is -2.40. The quantitative estimate of drug-likeness (QED) is 0.286. The molecule has 1 amide bonds. The van der Waals surface area contributed by atoms with Gasteiger partial charge in [0.25, 0.3) is 0 Å². The van der Waals surface area contributed by atoms with E-state index in [0.717, 1.165) is 73.9 Å². The molecular weight excluding hydrogens is 472 g/mol. The zero-order valence-electron chi connectivity index (χ0n) is 22.6. The average molecular weight is 513 g/mol. The van der Waals surface area contributed by atoms with Crippen LogP contribution in [0.3, 0.4) is 0 Å². The molecule has 0 unspecified atom stereocenters. The van der Waals surface area contributed by atoms with Crippen molar-refractivity contribution in [2.45, 2.75) is 57.4 Å². The predicted molar refractivity (Wildman–Crippen MR) is 154 cm³/mol. The van der Waals surface area contributed by atoms with Gasteiger partial charge in [-0.25, -0.2) is 0 Å². The highest BCUT2D eigenvalue weighted by Gasteiger charge is 2.42. The van der Waals surface area contributed by atoms with E-state index in [1.54, 1.807) is 7.11 Å². The number of nitrogens with zero attached hydrogens (tertiary/aromatic N) is 1. The zero-order chi connectivity index (χ0) is 26.5. The van der Waals surface area contributed by atoms with Crippen LogP contribution in [-0.2, 0) is 11.2 Å². The molecule has 0 atom stereocenters. The molecule has 0 spiro atoms. The number of benzene rings is 3. The number of ether oxygens (including phenoxy) is 2. The van der Waals surface area contributed by atoms with E-state index in [9.17, 15) is 4.79 Å². The molecule has 1 aliphatic heterocycles. The Morgan fingerprint density at radius 1 is 0.974 bits per heavy atom. The topological polar surface area (TPSA) is 64.8 Å². The Morgan fingerprint density at radius 2 is 1.66 bits per heavy atom. The van der Waals surface area contributed by atoms with Crippen LogP contribution in [0.5, 0.6) is 11.5 Å². The summed E-state index contributed by atoms with van der Waals surface area (Å²) in [5.74, 6) is 1.59. The van der Waals surface area contributed by atoms with Crippen molar-refractivity contribution in [3.8, 4) is 11.5 Å². The average Bonchev–Trinajstić information content (AvgIpc) is 3.79. The van der Waals surface area contributed by atoms with Crippen LogP contribution in [0.15, 0.2) is 67.2 Å². The number of hydrogen-bond donors (Lipinski definition) is 1. The minimum Gasteiger partial charge on any atom is -0.497 e. The lowest BCUT2D eigenvalue weighted by molar-refractivity contribution is -0.130. The summed E-state index contributed by atoms with van der Waals surface area (Å²) >= 11 is 0. The summed E-state index contributed by atoms with van der Waals surface area (Å²) in [6.45, 7) is 6.95. The normalized spacial score (nSPS) is 17.3. The molecule has 2 aliphatic rings. The number of rotatable bonds is 12. The van der Waals surface area contributed by atoms with Crippen LogP contribution in [0.1, 0.15) is 56.1 Å². The van der Waals surface area contributed by atoms with Crippen LogP contribution in [0, 0.1) is 5.41 Å². The predicted octanol–water partition coefficient (Wildman–Crippen LogP) is 6.38. The number of hydrogen-bond acceptors (Lipinski definition) is 4. The van der Waals surface area contributed by atoms with Gasteiger partial charge in [0.05, 0.1) is 19.1 Å². The molecule has 2 fully saturated rings. The first-order valence-electron chi connectivity index (χ1n) is 14.0. The van der Waals surface area contributed by atoms with Crippen LogP contribution in [0.25, 0.3) is 16.3 Å². The van der Waals surface area contributed by atoms with Crippen molar-refractivity contribution in [1.82, 2.24) is 4.90 Å². The van der Waals surface area contributed by atoms with Crippen molar-refractivity contribution >= 4 is 22.3 Å². The maximum Gasteiger partial charge on any atom is 0.224 e. The first-order valence-corrected chi connectivity index (χ1v) is 14.0. The van der Waals surface area contributed by atoms with Gasteiger partial charge in [-0.3, -0.25) is 4.79 Å². The molecule has 5 heteroatoms. The van der Waals surface area contributed by atoms with Crippen LogP contribution in [0.4, 0.5) is 0 Å². The number of nitrogens with two attached hydrogens (primary N) is 1. The Hall–Kier alpha value is -3.31. The number of likely N-dealkylation sites (tertiary alicyclic amines) is 1. The van der Waals surface area contributed by atoms with Gasteiger partial charge in [-0.05, 0) is 122 Å². The summed E-state index contributed by atoms with van der Waals surface area (Å²) in [7, 11) is 1.69. The van der Waals surface area contributed by atoms with E-state index in [1.807, 2.05) is 18.2 Å². The third kappa shape index (κ3) is 6.21. The third-order valence-electron chi connectivity index (χ3n) is 8.40. The molecule has 0 aromatic heterocycles. The molecule has 38 heavy (non-hydrogen) atoms. The van der Waals surface area contributed by atoms with Crippen molar-refractivity contribution in [3.63, 3.8) is 0 Å². The molecule has 0 radical (unpaired) electrons. The van der Waals surface area contributed by atoms with E-state index < -0.39 is 5.41 Å². The molecular formula is C33H40N2O3. The molecule has 3 aromatic rings. The van der Waals surface area contributed by atoms with Crippen LogP contribution >= 0.6 is 0 Å². The van der Waals surface area contributed by atoms with Gasteiger partial charge in [-0.15, -0.1) is 0 Å². The van der Waals surface area contributed by atoms with Crippen molar-refractivity contribution in [2.75, 3.05) is 26.8 Å². The van der Waals surface area contributed by atoms with Gasteiger partial charge in [-0.1, -0.05) is 36.9 Å². The number of carbonyl (C=O) groups excluding carboxylic acids is 1. The van der Waals surface area contributed by atoms with Gasteiger partial charge < -0.3 is 20.1 Å². The number of amides is 1. The van der Waals surface area contributed by atoms with Crippen LogP contribution in [-0.4, -0.2) is 43.7 Å². The summed E-state index contributed by atoms with van der Waals surface area (Å²) in [5, 5.41) is 2.37. The van der Waals surface area contributed by atoms with Crippen molar-refractivity contribution in [3.05, 3.63) is 78.4 Å². The van der Waals surface area contributed by atoms with E-state index in [0.29, 0.717) is 13.0 Å². The molecule has 1 heterocycles. The van der Waals surface area contributed by atoms with Gasteiger partial charge in [-0.2, -0.15) is 0 Å². The molecule has 5 rings (SSSR count). The largest absolute Gasteiger partial charge is 0.497 e. The number of primary amides is 1. The third-order valence-corrected chi connectivity index (χ3v) is 8.40. The summed E-state index contributed by atoms with van der Waals surface area (Å²) in [4.78, 5) is 15.0. The number of unbranched alkanes of at least 4 members (excludes halogenated alkanes) is 1. The zero-order valence-corrected chi connectivity index (χ0v) is 22.6. The van der Waals surface area contributed by atoms with Gasteiger partial charge in [0.2, 0.25) is 5.91 Å². The molecule has 200 valence electrons. The van der Waals surface area contributed by atoms with Crippen molar-refractivity contribution < 1.29 is 14.3 Å². The summed E-state index contributed by atoms with van der Waals surface area (Å²) in [6.07, 6.45) is 7.97. The fourth-order valence-corrected chi connectivity index (χ4v) is 5.71. The second-order valence-corrected chi connectivity index (χ2v) is 11.1. The fourth-order valence-electron chi connectivity index (χ4n) is 5.71. The van der Waals surface area contributed by atoms with E-state index in [2.05, 4.69) is 53.9 Å². The highest BCUT2D eigenvalue weighted by atomic mass is 16.5. The minimum atomic E-state index is -0.423. The minimum absolute atomic E-state index is 0.154. The lowest BCUT2D eigenvalue weighted by atomic mass is 9.73. The number of methoxy groups -OCH3 is 1. The van der Waals surface area contributed by atoms with Crippen molar-refractivity contribution in [2.24, 2.45) is 11.1 Å². The SMILES string of the molecule is C=C(CCCCOc1ccc(CC2(C(N)=O)CCN(C3CC3)CC2)cc1)c1ccc2cc(OC)ccc2c1. The van der Waals surface area contributed by atoms with Crippen LogP contribution in [0.2, 0.25) is 0 Å². The Balaban J connectivity index is 1.05. The smallest absolute Gasteiger partial charge is 0.224 e. The Kier molecular flexibility index (Phi) is 8.04. The highest BCUT2D eigenvalue weighted by Crippen LogP contribution is 2.39. The fraction of sp³-hybridized carbons (Fsp3) is 0.424. The van der Waals surface area contributed by atoms with Gasteiger partial charge in [0, 0.05) is 6.04 Å². The first kappa shape index (κ1) is 26.3. The Morgan fingerprint density at radius 3 is 2.34 bits per heavy atom. The molecule has 3 aromatic carbocycles. The standard InChI is InChI=1S/C33H40N2O3/c1-24(26-8-9-28-22-31(37-2)15-10-27(28)21-26)5-3-4-20-38-30-13-6-25(7-14-30)23-33(32(34)36)16-18-35(19-17-33)29-11-12-29/h6-10,13-15,21-22,29H,1,3-5,11-12,16-20,23H2,2H3,(H2,34,36). The second kappa shape index (κ2) is 11.6. The maximum atomic E-state index is 12.4. The van der Waals surface area contributed by atoms with E-state index >= 15 is 0 Å². The van der Waals surface area contributed by atoms with Gasteiger partial charge in [0.1, 0.15) is 11.5 Å². The van der Waals surface area contributed by atoms with E-state index in [1.165, 1.54) is 29.2 Å². The highest BCUT2D eigenvalue weighted by molar-refractivity contribution is 5.87. The Bertz CT molecular complexity index is 1270. The number of carbonyl (C=O) groups is 1. The van der Waals surface area contributed by atoms with E-state index in [-0.39, 0.29) is 5.91 Å². The molecule has 5 nitrogen and oxygen atoms in total. The summed E-state index contributed by atoms with van der Waals surface area (Å²) in [6, 6.07) is 21.6. The monoisotopic (exact) mass is 512 g/mol. The van der Waals surface area contributed by atoms with Gasteiger partial charge in [0.15, 0.2) is 0 Å². The Labute approximate surface area is 226 Å². The van der Waals surface area contributed by atoms with Gasteiger partial charge >= 0.3 is 0 Å². The maximum absolute atomic E-state index is 12.4. The van der Waals surface area contributed by atoms with Crippen LogP contribution < -0.4 is 15.2 Å². The number of piperidine rings is 1. The lowest BCUT2D eigenvalue weighted by Crippen LogP contribution is -2.48. The summed E-state index contributed by atoms with van der Waals surface area (Å²) < 4.78 is 11.3. The van der Waals surface area contributed by atoms with Crippen molar-refractivity contribution in [1.29, 1.82) is 0 Å².